The number of hydrogen-bond acceptors (Lipinski definition) is 2. The summed E-state index contributed by atoms with van der Waals surface area (Å²) in [6.45, 7) is -0.363. The highest BCUT2D eigenvalue weighted by Crippen LogP contribution is 2.13. The standard InChI is InChI=1S/C13H9F2NO3/c14-10-2-1-3-11(15)9(10)7-16-6-8(13(18)19)4-5-12(16)17/h1-6H,7H2,(H,18,19). The van der Waals surface area contributed by atoms with Gasteiger partial charge in [-0.1, -0.05) is 6.07 Å². The molecular formula is C13H9F2NO3. The van der Waals surface area contributed by atoms with E-state index in [4.69, 9.17) is 5.11 Å². The fraction of sp³-hybridized carbons (Fsp3) is 0.0769. The number of benzene rings is 1. The van der Waals surface area contributed by atoms with E-state index in [0.29, 0.717) is 0 Å². The van der Waals surface area contributed by atoms with Gasteiger partial charge in [-0.25, -0.2) is 13.6 Å². The molecule has 98 valence electrons. The summed E-state index contributed by atoms with van der Waals surface area (Å²) in [4.78, 5) is 22.3. The van der Waals surface area contributed by atoms with Crippen molar-refractivity contribution < 1.29 is 18.7 Å². The molecule has 0 bridgehead atoms. The molecule has 6 heteroatoms. The van der Waals surface area contributed by atoms with Crippen LogP contribution >= 0.6 is 0 Å². The Bertz CT molecular complexity index is 674. The minimum Gasteiger partial charge on any atom is -0.478 e. The van der Waals surface area contributed by atoms with Crippen LogP contribution in [0.15, 0.2) is 41.3 Å². The smallest absolute Gasteiger partial charge is 0.337 e. The van der Waals surface area contributed by atoms with Gasteiger partial charge < -0.3 is 9.67 Å². The molecule has 0 spiro atoms. The molecule has 0 amide bonds. The van der Waals surface area contributed by atoms with E-state index in [9.17, 15) is 18.4 Å². The predicted molar refractivity (Wildman–Crippen MR) is 63.1 cm³/mol. The summed E-state index contributed by atoms with van der Waals surface area (Å²) >= 11 is 0. The van der Waals surface area contributed by atoms with E-state index in [2.05, 4.69) is 0 Å². The van der Waals surface area contributed by atoms with Crippen LogP contribution in [0.5, 0.6) is 0 Å². The maximum absolute atomic E-state index is 13.5. The molecule has 0 atom stereocenters. The molecule has 2 aromatic rings. The van der Waals surface area contributed by atoms with Crippen molar-refractivity contribution in [1.29, 1.82) is 0 Å². The lowest BCUT2D eigenvalue weighted by Crippen LogP contribution is -2.21. The maximum Gasteiger partial charge on any atom is 0.337 e. The largest absolute Gasteiger partial charge is 0.478 e. The van der Waals surface area contributed by atoms with Crippen LogP contribution in [0, 0.1) is 11.6 Å². The lowest BCUT2D eigenvalue weighted by molar-refractivity contribution is 0.0696. The van der Waals surface area contributed by atoms with Crippen LogP contribution in [0.4, 0.5) is 8.78 Å². The average Bonchev–Trinajstić information content (AvgIpc) is 2.35. The van der Waals surface area contributed by atoms with Crippen LogP contribution in [0.1, 0.15) is 15.9 Å². The number of aromatic nitrogens is 1. The van der Waals surface area contributed by atoms with Gasteiger partial charge in [-0.3, -0.25) is 4.79 Å². The second kappa shape index (κ2) is 5.01. The highest BCUT2D eigenvalue weighted by molar-refractivity contribution is 5.87. The molecule has 19 heavy (non-hydrogen) atoms. The van der Waals surface area contributed by atoms with E-state index in [1.807, 2.05) is 0 Å². The highest BCUT2D eigenvalue weighted by Gasteiger charge is 2.11. The van der Waals surface area contributed by atoms with Crippen molar-refractivity contribution in [3.63, 3.8) is 0 Å². The number of rotatable bonds is 3. The molecule has 0 radical (unpaired) electrons. The molecule has 0 fully saturated rings. The van der Waals surface area contributed by atoms with Gasteiger partial charge in [0.05, 0.1) is 12.1 Å². The summed E-state index contributed by atoms with van der Waals surface area (Å²) < 4.78 is 27.9. The van der Waals surface area contributed by atoms with E-state index in [0.717, 1.165) is 35.0 Å². The Morgan fingerprint density at radius 1 is 1.16 bits per heavy atom. The highest BCUT2D eigenvalue weighted by atomic mass is 19.1. The number of carboxylic acids is 1. The van der Waals surface area contributed by atoms with Gasteiger partial charge in [-0.05, 0) is 18.2 Å². The first-order valence-electron chi connectivity index (χ1n) is 5.35. The Hall–Kier alpha value is -2.50. The van der Waals surface area contributed by atoms with Crippen LogP contribution in [0.25, 0.3) is 0 Å². The number of carbonyl (C=O) groups is 1. The van der Waals surface area contributed by atoms with Crippen LogP contribution in [0.2, 0.25) is 0 Å². The molecule has 0 aliphatic rings. The molecule has 2 rings (SSSR count). The minimum atomic E-state index is -1.22. The van der Waals surface area contributed by atoms with Gasteiger partial charge in [0.1, 0.15) is 11.6 Å². The number of hydrogen-bond donors (Lipinski definition) is 1. The average molecular weight is 265 g/mol. The summed E-state index contributed by atoms with van der Waals surface area (Å²) in [5.41, 5.74) is -0.948. The summed E-state index contributed by atoms with van der Waals surface area (Å²) in [7, 11) is 0. The number of halogens is 2. The van der Waals surface area contributed by atoms with Gasteiger partial charge >= 0.3 is 5.97 Å². The second-order valence-electron chi connectivity index (χ2n) is 3.89. The third-order valence-corrected chi connectivity index (χ3v) is 2.62. The first-order chi connectivity index (χ1) is 8.99. The van der Waals surface area contributed by atoms with E-state index in [1.165, 1.54) is 6.07 Å². The van der Waals surface area contributed by atoms with E-state index < -0.39 is 23.2 Å². The Labute approximate surface area is 106 Å². The molecule has 1 heterocycles. The molecule has 0 saturated carbocycles. The van der Waals surface area contributed by atoms with Crippen molar-refractivity contribution in [2.45, 2.75) is 6.54 Å². The Morgan fingerprint density at radius 3 is 2.37 bits per heavy atom. The Balaban J connectivity index is 2.46. The van der Waals surface area contributed by atoms with Gasteiger partial charge in [0.15, 0.2) is 0 Å². The summed E-state index contributed by atoms with van der Waals surface area (Å²) in [6.07, 6.45) is 1.05. The molecule has 1 N–H and O–H groups in total. The monoisotopic (exact) mass is 265 g/mol. The Morgan fingerprint density at radius 2 is 1.79 bits per heavy atom. The molecule has 0 saturated heterocycles. The zero-order valence-electron chi connectivity index (χ0n) is 9.64. The minimum absolute atomic E-state index is 0.128. The van der Waals surface area contributed by atoms with Crippen molar-refractivity contribution in [3.8, 4) is 0 Å². The normalized spacial score (nSPS) is 10.4. The van der Waals surface area contributed by atoms with Crippen LogP contribution < -0.4 is 5.56 Å². The van der Waals surface area contributed by atoms with Crippen molar-refractivity contribution in [1.82, 2.24) is 4.57 Å². The lowest BCUT2D eigenvalue weighted by Gasteiger charge is -2.08. The van der Waals surface area contributed by atoms with Crippen molar-refractivity contribution in [2.24, 2.45) is 0 Å². The summed E-state index contributed by atoms with van der Waals surface area (Å²) in [6, 6.07) is 5.54. The van der Waals surface area contributed by atoms with Crippen molar-refractivity contribution in [3.05, 3.63) is 69.6 Å². The predicted octanol–water partition coefficient (Wildman–Crippen LogP) is 1.87. The van der Waals surface area contributed by atoms with Crippen LogP contribution in [-0.4, -0.2) is 15.6 Å². The molecule has 0 aliphatic heterocycles. The zero-order valence-corrected chi connectivity index (χ0v) is 9.64. The molecule has 0 unspecified atom stereocenters. The van der Waals surface area contributed by atoms with Gasteiger partial charge in [0.2, 0.25) is 0 Å². The van der Waals surface area contributed by atoms with Gasteiger partial charge in [-0.15, -0.1) is 0 Å². The second-order valence-corrected chi connectivity index (χ2v) is 3.89. The first kappa shape index (κ1) is 12.9. The van der Waals surface area contributed by atoms with E-state index >= 15 is 0 Å². The number of nitrogens with zero attached hydrogens (tertiary/aromatic N) is 1. The lowest BCUT2D eigenvalue weighted by atomic mass is 10.2. The van der Waals surface area contributed by atoms with E-state index in [1.54, 1.807) is 0 Å². The third kappa shape index (κ3) is 2.67. The summed E-state index contributed by atoms with van der Waals surface area (Å²) in [5, 5.41) is 8.81. The fourth-order valence-corrected chi connectivity index (χ4v) is 1.64. The number of pyridine rings is 1. The number of carboxylic acid groups (broad SMARTS) is 1. The topological polar surface area (TPSA) is 59.3 Å². The quantitative estimate of drug-likeness (QED) is 0.921. The van der Waals surface area contributed by atoms with Crippen LogP contribution in [-0.2, 0) is 6.54 Å². The first-order valence-corrected chi connectivity index (χ1v) is 5.35. The number of aromatic carboxylic acids is 1. The zero-order chi connectivity index (χ0) is 14.0. The van der Waals surface area contributed by atoms with Crippen molar-refractivity contribution >= 4 is 5.97 Å². The summed E-state index contributed by atoms with van der Waals surface area (Å²) in [5.74, 6) is -2.79. The SMILES string of the molecule is O=C(O)c1ccc(=O)n(Cc2c(F)cccc2F)c1. The molecular weight excluding hydrogens is 256 g/mol. The van der Waals surface area contributed by atoms with Gasteiger partial charge in [-0.2, -0.15) is 0 Å². The van der Waals surface area contributed by atoms with E-state index in [-0.39, 0.29) is 17.7 Å². The Kier molecular flexibility index (Phi) is 3.41. The molecule has 1 aromatic carbocycles. The van der Waals surface area contributed by atoms with Crippen LogP contribution in [0.3, 0.4) is 0 Å². The molecule has 0 aliphatic carbocycles. The molecule has 1 aromatic heterocycles. The van der Waals surface area contributed by atoms with Gasteiger partial charge in [0, 0.05) is 17.8 Å². The molecule has 4 nitrogen and oxygen atoms in total. The third-order valence-electron chi connectivity index (χ3n) is 2.62. The maximum atomic E-state index is 13.5. The van der Waals surface area contributed by atoms with Gasteiger partial charge in [0.25, 0.3) is 5.56 Å². The van der Waals surface area contributed by atoms with Crippen molar-refractivity contribution in [2.75, 3.05) is 0 Å². The fourth-order valence-electron chi connectivity index (χ4n) is 1.64.